The van der Waals surface area contributed by atoms with E-state index in [2.05, 4.69) is 15.0 Å². The number of hydrogen-bond acceptors (Lipinski definition) is 4. The molecule has 0 aliphatic carbocycles. The number of methoxy groups -OCH3 is 1. The van der Waals surface area contributed by atoms with Crippen LogP contribution in [0.2, 0.25) is 0 Å². The Bertz CT molecular complexity index is 426. The number of aryl methyl sites for hydroxylation is 1. The molecule has 0 fully saturated rings. The Kier molecular flexibility index (Phi) is 4.83. The van der Waals surface area contributed by atoms with E-state index in [1.54, 1.807) is 12.1 Å². The van der Waals surface area contributed by atoms with Crippen molar-refractivity contribution in [3.05, 3.63) is 29.6 Å². The quantitative estimate of drug-likeness (QED) is 0.818. The van der Waals surface area contributed by atoms with E-state index in [-0.39, 0.29) is 11.8 Å². The first kappa shape index (κ1) is 14.2. The summed E-state index contributed by atoms with van der Waals surface area (Å²) < 4.78 is 4.66. The minimum atomic E-state index is -0.649. The molecule has 5 heteroatoms. The standard InChI is InChI=1S/C13H18N2O3/c1-8(2)11(13(17)18-4)15-12(16)10-6-5-9(3)14-7-10/h5-8,11H,1-4H3,(H,15,16)/t11-/m0/s1. The maximum absolute atomic E-state index is 11.9. The minimum Gasteiger partial charge on any atom is -0.467 e. The maximum Gasteiger partial charge on any atom is 0.328 e. The first-order valence-corrected chi connectivity index (χ1v) is 5.77. The zero-order valence-electron chi connectivity index (χ0n) is 11.1. The molecule has 5 nitrogen and oxygen atoms in total. The van der Waals surface area contributed by atoms with Crippen LogP contribution in [0.1, 0.15) is 29.9 Å². The molecule has 0 aromatic carbocycles. The molecule has 1 rings (SSSR count). The molecule has 1 atom stereocenters. The van der Waals surface area contributed by atoms with Gasteiger partial charge in [-0.15, -0.1) is 0 Å². The smallest absolute Gasteiger partial charge is 0.328 e. The van der Waals surface area contributed by atoms with Gasteiger partial charge in [0.05, 0.1) is 12.7 Å². The van der Waals surface area contributed by atoms with Crippen molar-refractivity contribution >= 4 is 11.9 Å². The number of nitrogens with zero attached hydrogens (tertiary/aromatic N) is 1. The molecule has 0 aliphatic rings. The molecule has 98 valence electrons. The summed E-state index contributed by atoms with van der Waals surface area (Å²) in [6, 6.07) is 2.77. The van der Waals surface area contributed by atoms with Gasteiger partial charge in [0.25, 0.3) is 5.91 Å². The number of pyridine rings is 1. The number of carbonyl (C=O) groups excluding carboxylic acids is 2. The molecule has 0 saturated heterocycles. The SMILES string of the molecule is COC(=O)[C@@H](NC(=O)c1ccc(C)nc1)C(C)C. The Labute approximate surface area is 107 Å². The number of hydrogen-bond donors (Lipinski definition) is 1. The first-order valence-electron chi connectivity index (χ1n) is 5.77. The van der Waals surface area contributed by atoms with Crippen molar-refractivity contribution in [1.29, 1.82) is 0 Å². The average molecular weight is 250 g/mol. The van der Waals surface area contributed by atoms with Crippen molar-refractivity contribution < 1.29 is 14.3 Å². The zero-order valence-corrected chi connectivity index (χ0v) is 11.1. The van der Waals surface area contributed by atoms with E-state index in [0.29, 0.717) is 5.56 Å². The van der Waals surface area contributed by atoms with Crippen LogP contribution in [0.3, 0.4) is 0 Å². The molecular formula is C13H18N2O3. The lowest BCUT2D eigenvalue weighted by atomic mass is 10.0. The van der Waals surface area contributed by atoms with Gasteiger partial charge >= 0.3 is 5.97 Å². The molecule has 0 aliphatic heterocycles. The summed E-state index contributed by atoms with van der Waals surface area (Å²) in [6.07, 6.45) is 1.49. The van der Waals surface area contributed by atoms with Gasteiger partial charge in [-0.05, 0) is 25.0 Å². The summed E-state index contributed by atoms with van der Waals surface area (Å²) in [7, 11) is 1.30. The molecule has 1 N–H and O–H groups in total. The van der Waals surface area contributed by atoms with Crippen LogP contribution in [0, 0.1) is 12.8 Å². The molecular weight excluding hydrogens is 232 g/mol. The van der Waals surface area contributed by atoms with Gasteiger partial charge in [-0.3, -0.25) is 9.78 Å². The van der Waals surface area contributed by atoms with Gasteiger partial charge < -0.3 is 10.1 Å². The van der Waals surface area contributed by atoms with Crippen molar-refractivity contribution in [2.24, 2.45) is 5.92 Å². The van der Waals surface area contributed by atoms with Crippen LogP contribution in [0.25, 0.3) is 0 Å². The lowest BCUT2D eigenvalue weighted by Crippen LogP contribution is -2.45. The summed E-state index contributed by atoms with van der Waals surface area (Å²) in [5.74, 6) is -0.815. The number of rotatable bonds is 4. The molecule has 1 aromatic heterocycles. The summed E-state index contributed by atoms with van der Waals surface area (Å²) in [6.45, 7) is 5.53. The summed E-state index contributed by atoms with van der Waals surface area (Å²) >= 11 is 0. The predicted molar refractivity (Wildman–Crippen MR) is 67.1 cm³/mol. The van der Waals surface area contributed by atoms with E-state index in [9.17, 15) is 9.59 Å². The molecule has 0 spiro atoms. The summed E-state index contributed by atoms with van der Waals surface area (Å²) in [5.41, 5.74) is 1.26. The number of ether oxygens (including phenoxy) is 1. The lowest BCUT2D eigenvalue weighted by molar-refractivity contribution is -0.144. The predicted octanol–water partition coefficient (Wildman–Crippen LogP) is 1.32. The van der Waals surface area contributed by atoms with Gasteiger partial charge in [0.1, 0.15) is 6.04 Å². The highest BCUT2D eigenvalue weighted by atomic mass is 16.5. The third kappa shape index (κ3) is 3.55. The molecule has 1 amide bonds. The molecule has 0 unspecified atom stereocenters. The number of amides is 1. The monoisotopic (exact) mass is 250 g/mol. The Morgan fingerprint density at radius 3 is 2.44 bits per heavy atom. The van der Waals surface area contributed by atoms with E-state index >= 15 is 0 Å². The lowest BCUT2D eigenvalue weighted by Gasteiger charge is -2.19. The molecule has 1 aromatic rings. The Morgan fingerprint density at radius 1 is 1.33 bits per heavy atom. The first-order chi connectivity index (χ1) is 8.45. The van der Waals surface area contributed by atoms with Crippen LogP contribution in [-0.2, 0) is 9.53 Å². The minimum absolute atomic E-state index is 0.0418. The van der Waals surface area contributed by atoms with Gasteiger partial charge in [0.2, 0.25) is 0 Å². The van der Waals surface area contributed by atoms with E-state index in [1.165, 1.54) is 13.3 Å². The Hall–Kier alpha value is -1.91. The molecule has 0 saturated carbocycles. The highest BCUT2D eigenvalue weighted by Crippen LogP contribution is 2.06. The van der Waals surface area contributed by atoms with Crippen LogP contribution >= 0.6 is 0 Å². The fourth-order valence-electron chi connectivity index (χ4n) is 1.45. The fraction of sp³-hybridized carbons (Fsp3) is 0.462. The van der Waals surface area contributed by atoms with Gasteiger partial charge in [-0.25, -0.2) is 4.79 Å². The normalized spacial score (nSPS) is 12.1. The highest BCUT2D eigenvalue weighted by Gasteiger charge is 2.25. The van der Waals surface area contributed by atoms with E-state index < -0.39 is 12.0 Å². The van der Waals surface area contributed by atoms with Crippen LogP contribution < -0.4 is 5.32 Å². The Balaban J connectivity index is 2.78. The molecule has 0 bridgehead atoms. The topological polar surface area (TPSA) is 68.3 Å². The Morgan fingerprint density at radius 2 is 2.00 bits per heavy atom. The van der Waals surface area contributed by atoms with Crippen molar-refractivity contribution in [3.63, 3.8) is 0 Å². The van der Waals surface area contributed by atoms with Crippen LogP contribution in [-0.4, -0.2) is 30.0 Å². The van der Waals surface area contributed by atoms with E-state index in [4.69, 9.17) is 0 Å². The molecule has 1 heterocycles. The second-order valence-electron chi connectivity index (χ2n) is 4.41. The van der Waals surface area contributed by atoms with Crippen LogP contribution in [0.15, 0.2) is 18.3 Å². The number of carbonyl (C=O) groups is 2. The number of nitrogens with one attached hydrogen (secondary N) is 1. The molecule has 18 heavy (non-hydrogen) atoms. The van der Waals surface area contributed by atoms with E-state index in [1.807, 2.05) is 20.8 Å². The van der Waals surface area contributed by atoms with Gasteiger partial charge in [-0.2, -0.15) is 0 Å². The van der Waals surface area contributed by atoms with Gasteiger partial charge in [-0.1, -0.05) is 13.8 Å². The van der Waals surface area contributed by atoms with Crippen molar-refractivity contribution in [2.45, 2.75) is 26.8 Å². The number of aromatic nitrogens is 1. The average Bonchev–Trinajstić information content (AvgIpc) is 2.35. The van der Waals surface area contributed by atoms with Gasteiger partial charge in [0, 0.05) is 11.9 Å². The largest absolute Gasteiger partial charge is 0.467 e. The molecule has 0 radical (unpaired) electrons. The fourth-order valence-corrected chi connectivity index (χ4v) is 1.45. The van der Waals surface area contributed by atoms with Gasteiger partial charge in [0.15, 0.2) is 0 Å². The number of esters is 1. The second-order valence-corrected chi connectivity index (χ2v) is 4.41. The second kappa shape index (κ2) is 6.14. The third-order valence-electron chi connectivity index (χ3n) is 2.58. The summed E-state index contributed by atoms with van der Waals surface area (Å²) in [4.78, 5) is 27.5. The van der Waals surface area contributed by atoms with Crippen molar-refractivity contribution in [2.75, 3.05) is 7.11 Å². The van der Waals surface area contributed by atoms with Crippen LogP contribution in [0.4, 0.5) is 0 Å². The maximum atomic E-state index is 11.9. The third-order valence-corrected chi connectivity index (χ3v) is 2.58. The van der Waals surface area contributed by atoms with Crippen molar-refractivity contribution in [1.82, 2.24) is 10.3 Å². The zero-order chi connectivity index (χ0) is 13.7. The van der Waals surface area contributed by atoms with Crippen molar-refractivity contribution in [3.8, 4) is 0 Å². The summed E-state index contributed by atoms with van der Waals surface area (Å²) in [5, 5.41) is 2.65. The van der Waals surface area contributed by atoms with Crippen LogP contribution in [0.5, 0.6) is 0 Å². The van der Waals surface area contributed by atoms with E-state index in [0.717, 1.165) is 5.69 Å². The highest BCUT2D eigenvalue weighted by molar-refractivity contribution is 5.96.